The van der Waals surface area contributed by atoms with Crippen LogP contribution in [0.15, 0.2) is 30.3 Å². The first kappa shape index (κ1) is 18.0. The number of hydrogen-bond acceptors (Lipinski definition) is 6. The van der Waals surface area contributed by atoms with Crippen molar-refractivity contribution in [2.75, 3.05) is 19.3 Å². The number of carbonyl (C=O) groups is 1. The van der Waals surface area contributed by atoms with Crippen LogP contribution in [0.1, 0.15) is 12.0 Å². The molecule has 2 atom stereocenters. The topological polar surface area (TPSA) is 72.9 Å². The lowest BCUT2D eigenvalue weighted by Gasteiger charge is -2.25. The van der Waals surface area contributed by atoms with Gasteiger partial charge in [0.25, 0.3) is 10.1 Å². The van der Waals surface area contributed by atoms with Crippen molar-refractivity contribution in [3.63, 3.8) is 0 Å². The van der Waals surface area contributed by atoms with Gasteiger partial charge in [-0.05, 0) is 5.56 Å². The van der Waals surface area contributed by atoms with E-state index in [9.17, 15) is 17.6 Å². The predicted molar refractivity (Wildman–Crippen MR) is 85.4 cm³/mol. The summed E-state index contributed by atoms with van der Waals surface area (Å²) in [6.45, 7) is -0.141. The Kier molecular flexibility index (Phi) is 5.53. The molecule has 0 radical (unpaired) electrons. The number of alkyl halides is 1. The van der Waals surface area contributed by atoms with Crippen LogP contribution in [0.25, 0.3) is 0 Å². The van der Waals surface area contributed by atoms with E-state index in [4.69, 9.17) is 4.74 Å². The quantitative estimate of drug-likeness (QED) is 0.492. The Bertz CT molecular complexity index is 654. The summed E-state index contributed by atoms with van der Waals surface area (Å²) >= 11 is 3.87. The lowest BCUT2D eigenvalue weighted by Crippen LogP contribution is -2.41. The van der Waals surface area contributed by atoms with Gasteiger partial charge in [0.15, 0.2) is 11.1 Å². The summed E-state index contributed by atoms with van der Waals surface area (Å²) in [7, 11) is -3.83. The van der Waals surface area contributed by atoms with E-state index in [2.05, 4.69) is 16.8 Å². The summed E-state index contributed by atoms with van der Waals surface area (Å²) in [5.74, 6) is 0. The fourth-order valence-corrected chi connectivity index (χ4v) is 3.40. The molecule has 0 N–H and O–H groups in total. The van der Waals surface area contributed by atoms with E-state index < -0.39 is 27.3 Å². The highest BCUT2D eigenvalue weighted by Crippen LogP contribution is 2.33. The van der Waals surface area contributed by atoms with Crippen molar-refractivity contribution < 1.29 is 26.5 Å². The Morgan fingerprint density at radius 3 is 2.70 bits per heavy atom. The standard InChI is InChI=1S/C14H18FNO5S2/c1-23(18,19)21-12(22)14(15)7-8-16(10-14)13(17)20-9-11-5-3-2-4-6-11/h2-6,12,22H,7-10H2,1H3. The first-order valence-corrected chi connectivity index (χ1v) is 9.24. The smallest absolute Gasteiger partial charge is 0.410 e. The molecule has 1 aromatic rings. The Morgan fingerprint density at radius 2 is 2.09 bits per heavy atom. The van der Waals surface area contributed by atoms with E-state index in [-0.39, 0.29) is 26.1 Å². The zero-order valence-electron chi connectivity index (χ0n) is 12.5. The van der Waals surface area contributed by atoms with Crippen LogP contribution in [0.4, 0.5) is 9.18 Å². The van der Waals surface area contributed by atoms with Crippen molar-refractivity contribution in [2.45, 2.75) is 24.1 Å². The van der Waals surface area contributed by atoms with Gasteiger partial charge in [-0.1, -0.05) is 30.3 Å². The molecule has 0 aliphatic carbocycles. The van der Waals surface area contributed by atoms with Gasteiger partial charge in [-0.15, -0.1) is 12.6 Å². The van der Waals surface area contributed by atoms with E-state index >= 15 is 0 Å². The number of ether oxygens (including phenoxy) is 1. The molecule has 0 aromatic heterocycles. The fraction of sp³-hybridized carbons (Fsp3) is 0.500. The SMILES string of the molecule is CS(=O)(=O)OC(S)C1(F)CCN(C(=O)OCc2ccccc2)C1. The minimum absolute atomic E-state index is 0.0723. The van der Waals surface area contributed by atoms with Gasteiger partial charge in [-0.2, -0.15) is 8.42 Å². The maximum atomic E-state index is 14.7. The van der Waals surface area contributed by atoms with Gasteiger partial charge < -0.3 is 9.64 Å². The molecule has 1 fully saturated rings. The first-order chi connectivity index (χ1) is 10.7. The fourth-order valence-electron chi connectivity index (χ4n) is 2.22. The molecule has 23 heavy (non-hydrogen) atoms. The van der Waals surface area contributed by atoms with Crippen LogP contribution in [-0.2, 0) is 25.6 Å². The van der Waals surface area contributed by atoms with Gasteiger partial charge >= 0.3 is 6.09 Å². The molecule has 1 heterocycles. The molecule has 2 unspecified atom stereocenters. The Morgan fingerprint density at radius 1 is 1.43 bits per heavy atom. The summed E-state index contributed by atoms with van der Waals surface area (Å²) in [6, 6.07) is 9.10. The third-order valence-electron chi connectivity index (χ3n) is 3.42. The summed E-state index contributed by atoms with van der Waals surface area (Å²) in [5.41, 5.74) is -2.69. The third-order valence-corrected chi connectivity index (χ3v) is 4.68. The number of amides is 1. The number of rotatable bonds is 5. The second-order valence-corrected chi connectivity index (χ2v) is 7.47. The normalized spacial score (nSPS) is 22.8. The van der Waals surface area contributed by atoms with Crippen molar-refractivity contribution in [3.05, 3.63) is 35.9 Å². The van der Waals surface area contributed by atoms with Gasteiger partial charge in [-0.3, -0.25) is 4.18 Å². The number of carbonyl (C=O) groups excluding carboxylic acids is 1. The van der Waals surface area contributed by atoms with Crippen LogP contribution in [0.3, 0.4) is 0 Å². The number of thiol groups is 1. The maximum absolute atomic E-state index is 14.7. The molecular weight excluding hydrogens is 345 g/mol. The Balaban J connectivity index is 1.89. The van der Waals surface area contributed by atoms with Crippen LogP contribution in [0, 0.1) is 0 Å². The largest absolute Gasteiger partial charge is 0.445 e. The van der Waals surface area contributed by atoms with E-state index in [1.54, 1.807) is 12.1 Å². The second kappa shape index (κ2) is 7.06. The van der Waals surface area contributed by atoms with Crippen molar-refractivity contribution in [2.24, 2.45) is 0 Å². The molecule has 6 nitrogen and oxygen atoms in total. The number of hydrogen-bond donors (Lipinski definition) is 1. The minimum Gasteiger partial charge on any atom is -0.445 e. The molecule has 1 aliphatic rings. The summed E-state index contributed by atoms with van der Waals surface area (Å²) in [4.78, 5) is 13.1. The van der Waals surface area contributed by atoms with Crippen LogP contribution < -0.4 is 0 Å². The number of halogens is 1. The van der Waals surface area contributed by atoms with Crippen LogP contribution >= 0.6 is 12.6 Å². The van der Waals surface area contributed by atoms with Crippen molar-refractivity contribution in [1.82, 2.24) is 4.90 Å². The van der Waals surface area contributed by atoms with Gasteiger partial charge in [0, 0.05) is 13.0 Å². The predicted octanol–water partition coefficient (Wildman–Crippen LogP) is 1.97. The van der Waals surface area contributed by atoms with Gasteiger partial charge in [0.2, 0.25) is 0 Å². The number of likely N-dealkylation sites (tertiary alicyclic amines) is 1. The van der Waals surface area contributed by atoms with E-state index in [0.717, 1.165) is 11.8 Å². The Hall–Kier alpha value is -1.32. The number of nitrogens with zero attached hydrogens (tertiary/aromatic N) is 1. The summed E-state index contributed by atoms with van der Waals surface area (Å²) in [5, 5.41) is 0. The zero-order valence-corrected chi connectivity index (χ0v) is 14.2. The van der Waals surface area contributed by atoms with Crippen LogP contribution in [-0.4, -0.2) is 49.9 Å². The average molecular weight is 363 g/mol. The van der Waals surface area contributed by atoms with Crippen LogP contribution in [0.5, 0.6) is 0 Å². The van der Waals surface area contributed by atoms with E-state index in [1.165, 1.54) is 4.90 Å². The highest BCUT2D eigenvalue weighted by molar-refractivity contribution is 7.87. The van der Waals surface area contributed by atoms with E-state index in [0.29, 0.717) is 0 Å². The summed E-state index contributed by atoms with van der Waals surface area (Å²) < 4.78 is 46.5. The molecule has 0 bridgehead atoms. The highest BCUT2D eigenvalue weighted by Gasteiger charge is 2.47. The molecule has 1 aromatic carbocycles. The van der Waals surface area contributed by atoms with Crippen LogP contribution in [0.2, 0.25) is 0 Å². The van der Waals surface area contributed by atoms with Gasteiger partial charge in [-0.25, -0.2) is 9.18 Å². The molecule has 1 aliphatic heterocycles. The first-order valence-electron chi connectivity index (χ1n) is 6.90. The summed E-state index contributed by atoms with van der Waals surface area (Å²) in [6.07, 6.45) is 0.0886. The molecular formula is C14H18FNO5S2. The second-order valence-electron chi connectivity index (χ2n) is 5.40. The molecule has 128 valence electrons. The molecule has 9 heteroatoms. The maximum Gasteiger partial charge on any atom is 0.410 e. The Labute approximate surface area is 140 Å². The van der Waals surface area contributed by atoms with Gasteiger partial charge in [0.1, 0.15) is 6.61 Å². The highest BCUT2D eigenvalue weighted by atomic mass is 32.2. The van der Waals surface area contributed by atoms with E-state index in [1.807, 2.05) is 18.2 Å². The van der Waals surface area contributed by atoms with Crippen molar-refractivity contribution in [1.29, 1.82) is 0 Å². The molecule has 2 rings (SSSR count). The minimum atomic E-state index is -3.83. The average Bonchev–Trinajstić information content (AvgIpc) is 2.88. The van der Waals surface area contributed by atoms with Gasteiger partial charge in [0.05, 0.1) is 12.8 Å². The zero-order chi connectivity index (χ0) is 17.1. The number of benzene rings is 1. The molecule has 0 saturated carbocycles. The third kappa shape index (κ3) is 5.08. The molecule has 1 amide bonds. The lowest BCUT2D eigenvalue weighted by atomic mass is 10.1. The van der Waals surface area contributed by atoms with Crippen molar-refractivity contribution >= 4 is 28.8 Å². The molecule has 1 saturated heterocycles. The monoisotopic (exact) mass is 363 g/mol. The lowest BCUT2D eigenvalue weighted by molar-refractivity contribution is 0.0642. The van der Waals surface area contributed by atoms with Crippen molar-refractivity contribution in [3.8, 4) is 0 Å². The molecule has 0 spiro atoms.